The summed E-state index contributed by atoms with van der Waals surface area (Å²) in [7, 11) is 0. The van der Waals surface area contributed by atoms with Crippen molar-refractivity contribution in [3.8, 4) is 0 Å². The average molecular weight is 206 g/mol. The Morgan fingerprint density at radius 2 is 2.20 bits per heavy atom. The molecule has 0 aliphatic heterocycles. The lowest BCUT2D eigenvalue weighted by atomic mass is 10.0. The van der Waals surface area contributed by atoms with Crippen LogP contribution in [0.15, 0.2) is 18.3 Å². The van der Waals surface area contributed by atoms with Crippen LogP contribution in [0.25, 0.3) is 0 Å². The van der Waals surface area contributed by atoms with Crippen LogP contribution in [0.5, 0.6) is 0 Å². The molecule has 0 saturated carbocycles. The van der Waals surface area contributed by atoms with Crippen molar-refractivity contribution in [1.29, 1.82) is 0 Å². The normalized spacial score (nSPS) is 12.7. The zero-order valence-corrected chi connectivity index (χ0v) is 10.1. The van der Waals surface area contributed by atoms with Crippen molar-refractivity contribution in [2.24, 2.45) is 0 Å². The van der Waals surface area contributed by atoms with Gasteiger partial charge in [-0.15, -0.1) is 0 Å². The Hall–Kier alpha value is -0.890. The molecule has 15 heavy (non-hydrogen) atoms. The maximum Gasteiger partial charge on any atom is 0.0421 e. The Bertz CT molecular complexity index is 278. The second kappa shape index (κ2) is 6.57. The maximum atomic E-state index is 4.40. The number of nitrogens with zero attached hydrogens (tertiary/aromatic N) is 1. The fourth-order valence-electron chi connectivity index (χ4n) is 1.88. The molecule has 1 heterocycles. The van der Waals surface area contributed by atoms with Crippen LogP contribution in [0.4, 0.5) is 0 Å². The number of likely N-dealkylation sites (N-methyl/N-ethyl adjacent to an activating group) is 1. The van der Waals surface area contributed by atoms with Crippen molar-refractivity contribution in [1.82, 2.24) is 10.3 Å². The molecule has 1 aromatic rings. The van der Waals surface area contributed by atoms with Crippen LogP contribution in [0.3, 0.4) is 0 Å². The zero-order chi connectivity index (χ0) is 11.1. The van der Waals surface area contributed by atoms with E-state index < -0.39 is 0 Å². The van der Waals surface area contributed by atoms with E-state index in [0.717, 1.165) is 13.0 Å². The van der Waals surface area contributed by atoms with Crippen molar-refractivity contribution < 1.29 is 0 Å². The summed E-state index contributed by atoms with van der Waals surface area (Å²) in [6.45, 7) is 7.55. The minimum absolute atomic E-state index is 0.578. The average Bonchev–Trinajstić information content (AvgIpc) is 2.18. The second-order valence-corrected chi connectivity index (χ2v) is 4.07. The minimum atomic E-state index is 0.578. The molecule has 0 aliphatic rings. The molecule has 0 bridgehead atoms. The van der Waals surface area contributed by atoms with Crippen molar-refractivity contribution in [3.63, 3.8) is 0 Å². The SMILES string of the molecule is CCCC(Cc1cc(C)ccn1)NCC. The van der Waals surface area contributed by atoms with Crippen LogP contribution in [0, 0.1) is 6.92 Å². The number of hydrogen-bond acceptors (Lipinski definition) is 2. The summed E-state index contributed by atoms with van der Waals surface area (Å²) >= 11 is 0. The Balaban J connectivity index is 2.56. The summed E-state index contributed by atoms with van der Waals surface area (Å²) in [4.78, 5) is 4.40. The van der Waals surface area contributed by atoms with Gasteiger partial charge in [0.25, 0.3) is 0 Å². The van der Waals surface area contributed by atoms with Gasteiger partial charge >= 0.3 is 0 Å². The lowest BCUT2D eigenvalue weighted by Crippen LogP contribution is -2.31. The van der Waals surface area contributed by atoms with Crippen molar-refractivity contribution >= 4 is 0 Å². The van der Waals surface area contributed by atoms with Crippen LogP contribution >= 0.6 is 0 Å². The van der Waals surface area contributed by atoms with Gasteiger partial charge in [0.15, 0.2) is 0 Å². The third-order valence-electron chi connectivity index (χ3n) is 2.56. The number of aryl methyl sites for hydroxylation is 1. The first-order chi connectivity index (χ1) is 7.26. The molecule has 2 nitrogen and oxygen atoms in total. The van der Waals surface area contributed by atoms with Crippen LogP contribution in [0.2, 0.25) is 0 Å². The molecule has 2 heteroatoms. The number of pyridine rings is 1. The quantitative estimate of drug-likeness (QED) is 0.774. The van der Waals surface area contributed by atoms with Gasteiger partial charge in [0.1, 0.15) is 0 Å². The standard InChI is InChI=1S/C13H22N2/c1-4-6-12(14-5-2)10-13-9-11(3)7-8-15-13/h7-9,12,14H,4-6,10H2,1-3H3. The van der Waals surface area contributed by atoms with Gasteiger partial charge in [-0.25, -0.2) is 0 Å². The molecule has 84 valence electrons. The molecule has 0 spiro atoms. The van der Waals surface area contributed by atoms with E-state index in [9.17, 15) is 0 Å². The van der Waals surface area contributed by atoms with E-state index >= 15 is 0 Å². The highest BCUT2D eigenvalue weighted by Gasteiger charge is 2.07. The summed E-state index contributed by atoms with van der Waals surface area (Å²) in [5.74, 6) is 0. The third-order valence-corrected chi connectivity index (χ3v) is 2.56. The number of rotatable bonds is 6. The van der Waals surface area contributed by atoms with Crippen molar-refractivity contribution in [2.45, 2.75) is 46.1 Å². The van der Waals surface area contributed by atoms with Crippen LogP contribution in [0.1, 0.15) is 37.9 Å². The topological polar surface area (TPSA) is 24.9 Å². The van der Waals surface area contributed by atoms with Gasteiger partial charge in [-0.3, -0.25) is 4.98 Å². The predicted molar refractivity (Wildman–Crippen MR) is 65.1 cm³/mol. The number of aromatic nitrogens is 1. The molecule has 1 aromatic heterocycles. The summed E-state index contributed by atoms with van der Waals surface area (Å²) < 4.78 is 0. The van der Waals surface area contributed by atoms with Gasteiger partial charge in [0.05, 0.1) is 0 Å². The first kappa shape index (κ1) is 12.2. The Morgan fingerprint density at radius 1 is 1.40 bits per heavy atom. The second-order valence-electron chi connectivity index (χ2n) is 4.07. The Labute approximate surface area is 93.1 Å². The molecule has 0 saturated heterocycles. The van der Waals surface area contributed by atoms with Gasteiger partial charge < -0.3 is 5.32 Å². The molecule has 1 N–H and O–H groups in total. The first-order valence-electron chi connectivity index (χ1n) is 5.91. The summed E-state index contributed by atoms with van der Waals surface area (Å²) in [6.07, 6.45) is 5.40. The zero-order valence-electron chi connectivity index (χ0n) is 10.1. The molecule has 0 aromatic carbocycles. The van der Waals surface area contributed by atoms with E-state index in [1.807, 2.05) is 12.3 Å². The fraction of sp³-hybridized carbons (Fsp3) is 0.615. The van der Waals surface area contributed by atoms with Crippen molar-refractivity contribution in [3.05, 3.63) is 29.6 Å². The van der Waals surface area contributed by atoms with Gasteiger partial charge in [0.2, 0.25) is 0 Å². The maximum absolute atomic E-state index is 4.40. The molecule has 1 unspecified atom stereocenters. The highest BCUT2D eigenvalue weighted by atomic mass is 14.9. The van der Waals surface area contributed by atoms with Gasteiger partial charge in [-0.1, -0.05) is 20.3 Å². The molecule has 0 fully saturated rings. The number of hydrogen-bond donors (Lipinski definition) is 1. The fourth-order valence-corrected chi connectivity index (χ4v) is 1.88. The van der Waals surface area contributed by atoms with E-state index in [1.54, 1.807) is 0 Å². The van der Waals surface area contributed by atoms with E-state index in [4.69, 9.17) is 0 Å². The van der Waals surface area contributed by atoms with E-state index in [2.05, 4.69) is 37.1 Å². The van der Waals surface area contributed by atoms with Gasteiger partial charge in [-0.05, 0) is 37.6 Å². The summed E-state index contributed by atoms with van der Waals surface area (Å²) in [5, 5.41) is 3.51. The Morgan fingerprint density at radius 3 is 2.80 bits per heavy atom. The molecule has 0 radical (unpaired) electrons. The highest BCUT2D eigenvalue weighted by molar-refractivity contribution is 5.15. The largest absolute Gasteiger partial charge is 0.314 e. The Kier molecular flexibility index (Phi) is 5.33. The minimum Gasteiger partial charge on any atom is -0.314 e. The molecule has 0 aliphatic carbocycles. The van der Waals surface area contributed by atoms with E-state index in [1.165, 1.54) is 24.1 Å². The smallest absolute Gasteiger partial charge is 0.0421 e. The number of nitrogens with one attached hydrogen (secondary N) is 1. The third kappa shape index (κ3) is 4.43. The van der Waals surface area contributed by atoms with Gasteiger partial charge in [0, 0.05) is 24.4 Å². The summed E-state index contributed by atoms with van der Waals surface area (Å²) in [5.41, 5.74) is 2.50. The monoisotopic (exact) mass is 206 g/mol. The van der Waals surface area contributed by atoms with Crippen LogP contribution in [-0.4, -0.2) is 17.6 Å². The molecular formula is C13H22N2. The van der Waals surface area contributed by atoms with Crippen LogP contribution in [-0.2, 0) is 6.42 Å². The van der Waals surface area contributed by atoms with E-state index in [-0.39, 0.29) is 0 Å². The van der Waals surface area contributed by atoms with E-state index in [0.29, 0.717) is 6.04 Å². The van der Waals surface area contributed by atoms with Crippen LogP contribution < -0.4 is 5.32 Å². The summed E-state index contributed by atoms with van der Waals surface area (Å²) in [6, 6.07) is 4.81. The highest BCUT2D eigenvalue weighted by Crippen LogP contribution is 2.07. The van der Waals surface area contributed by atoms with Crippen molar-refractivity contribution in [2.75, 3.05) is 6.54 Å². The first-order valence-corrected chi connectivity index (χ1v) is 5.91. The molecule has 1 rings (SSSR count). The van der Waals surface area contributed by atoms with Gasteiger partial charge in [-0.2, -0.15) is 0 Å². The molecular weight excluding hydrogens is 184 g/mol. The predicted octanol–water partition coefficient (Wildman–Crippen LogP) is 2.71. The molecule has 0 amide bonds. The molecule has 1 atom stereocenters. The lowest BCUT2D eigenvalue weighted by molar-refractivity contribution is 0.481. The lowest BCUT2D eigenvalue weighted by Gasteiger charge is -2.16.